The molecular weight excluding hydrogens is 218 g/mol. The minimum absolute atomic E-state index is 0.0485. The maximum absolute atomic E-state index is 11.5. The quantitative estimate of drug-likeness (QED) is 0.625. The molecule has 0 aliphatic heterocycles. The van der Waals surface area contributed by atoms with Gasteiger partial charge in [-0.2, -0.15) is 0 Å². The van der Waals surface area contributed by atoms with E-state index in [2.05, 4.69) is 10.1 Å². The number of aromatic carboxylic acids is 2. The molecule has 0 spiro atoms. The Kier molecular flexibility index (Phi) is 1.97. The zero-order valence-electron chi connectivity index (χ0n) is 7.67. The van der Waals surface area contributed by atoms with E-state index < -0.39 is 23.1 Å². The largest absolute Gasteiger partial charge is 0.477 e. The van der Waals surface area contributed by atoms with Gasteiger partial charge < -0.3 is 10.2 Å². The Labute approximate surface area is 86.8 Å². The summed E-state index contributed by atoms with van der Waals surface area (Å²) in [6.07, 6.45) is 0.888. The Balaban J connectivity index is 2.80. The number of rotatable bonds is 2. The molecule has 16 heavy (non-hydrogen) atoms. The van der Waals surface area contributed by atoms with Crippen LogP contribution in [0.2, 0.25) is 0 Å². The summed E-state index contributed by atoms with van der Waals surface area (Å²) in [5.74, 6) is -2.68. The van der Waals surface area contributed by atoms with Gasteiger partial charge in [0.05, 0.1) is 0 Å². The van der Waals surface area contributed by atoms with Crippen molar-refractivity contribution in [2.75, 3.05) is 0 Å². The molecule has 82 valence electrons. The van der Waals surface area contributed by atoms with Crippen LogP contribution in [-0.4, -0.2) is 36.7 Å². The highest BCUT2D eigenvalue weighted by atomic mass is 16.4. The van der Waals surface area contributed by atoms with E-state index in [1.807, 2.05) is 0 Å². The van der Waals surface area contributed by atoms with Gasteiger partial charge in [0, 0.05) is 12.3 Å². The first-order valence-corrected chi connectivity index (χ1v) is 4.08. The van der Waals surface area contributed by atoms with Gasteiger partial charge in [-0.15, -0.1) is 0 Å². The van der Waals surface area contributed by atoms with Gasteiger partial charge in [0.15, 0.2) is 5.65 Å². The lowest BCUT2D eigenvalue weighted by molar-refractivity contribution is 0.0683. The van der Waals surface area contributed by atoms with Crippen molar-refractivity contribution >= 4 is 17.6 Å². The number of aromatic nitrogens is 3. The number of nitrogens with zero attached hydrogens (tertiary/aromatic N) is 2. The molecule has 0 fully saturated rings. The lowest BCUT2D eigenvalue weighted by Crippen LogP contribution is -2.23. The van der Waals surface area contributed by atoms with Crippen molar-refractivity contribution in [2.45, 2.75) is 0 Å². The molecule has 0 aromatic carbocycles. The van der Waals surface area contributed by atoms with Crippen LogP contribution >= 0.6 is 0 Å². The molecular formula is C8H5N3O5. The van der Waals surface area contributed by atoms with E-state index in [-0.39, 0.29) is 11.3 Å². The van der Waals surface area contributed by atoms with Crippen LogP contribution < -0.4 is 5.56 Å². The Bertz CT molecular complexity index is 653. The molecule has 0 amide bonds. The number of nitrogens with one attached hydrogen (secondary N) is 1. The lowest BCUT2D eigenvalue weighted by Gasteiger charge is -1.94. The highest BCUT2D eigenvalue weighted by Gasteiger charge is 2.15. The number of hydrogen-bond acceptors (Lipinski definition) is 4. The molecule has 8 nitrogen and oxygen atoms in total. The zero-order valence-corrected chi connectivity index (χ0v) is 7.67. The van der Waals surface area contributed by atoms with Crippen molar-refractivity contribution < 1.29 is 19.8 Å². The normalized spacial score (nSPS) is 10.5. The second-order valence-electron chi connectivity index (χ2n) is 2.95. The molecule has 2 rings (SSSR count). The Morgan fingerprint density at radius 3 is 2.56 bits per heavy atom. The number of carboxylic acids is 2. The van der Waals surface area contributed by atoms with Crippen molar-refractivity contribution in [3.63, 3.8) is 0 Å². The molecule has 0 atom stereocenters. The van der Waals surface area contributed by atoms with Gasteiger partial charge in [0.2, 0.25) is 0 Å². The fraction of sp³-hybridized carbons (Fsp3) is 0. The molecule has 0 aliphatic carbocycles. The van der Waals surface area contributed by atoms with Crippen LogP contribution in [-0.2, 0) is 0 Å². The van der Waals surface area contributed by atoms with E-state index >= 15 is 0 Å². The predicted octanol–water partition coefficient (Wildman–Crippen LogP) is -0.581. The number of carbonyl (C=O) groups is 2. The summed E-state index contributed by atoms with van der Waals surface area (Å²) in [5, 5.41) is 19.6. The molecule has 3 N–H and O–H groups in total. The van der Waals surface area contributed by atoms with Gasteiger partial charge in [-0.3, -0.25) is 9.89 Å². The van der Waals surface area contributed by atoms with Gasteiger partial charge in [0.25, 0.3) is 5.56 Å². The highest BCUT2D eigenvalue weighted by molar-refractivity contribution is 5.88. The smallest absolute Gasteiger partial charge is 0.353 e. The summed E-state index contributed by atoms with van der Waals surface area (Å²) < 4.78 is 0.771. The van der Waals surface area contributed by atoms with Crippen LogP contribution in [0.4, 0.5) is 0 Å². The first kappa shape index (κ1) is 9.90. The molecule has 0 aliphatic rings. The molecule has 2 aromatic heterocycles. The van der Waals surface area contributed by atoms with Crippen LogP contribution in [0.1, 0.15) is 20.8 Å². The number of aromatic amines is 1. The van der Waals surface area contributed by atoms with Crippen molar-refractivity contribution in [3.8, 4) is 0 Å². The fourth-order valence-electron chi connectivity index (χ4n) is 1.22. The van der Waals surface area contributed by atoms with Crippen molar-refractivity contribution in [1.29, 1.82) is 0 Å². The first-order valence-electron chi connectivity index (χ1n) is 4.08. The Hall–Kier alpha value is -2.64. The molecule has 0 saturated heterocycles. The molecule has 2 heterocycles. The van der Waals surface area contributed by atoms with E-state index in [4.69, 9.17) is 10.2 Å². The third-order valence-corrected chi connectivity index (χ3v) is 1.96. The Morgan fingerprint density at radius 1 is 1.31 bits per heavy atom. The molecule has 0 saturated carbocycles. The van der Waals surface area contributed by atoms with E-state index in [9.17, 15) is 14.4 Å². The number of carboxylic acid groups (broad SMARTS) is 2. The van der Waals surface area contributed by atoms with E-state index in [0.717, 1.165) is 16.8 Å². The lowest BCUT2D eigenvalue weighted by atomic mass is 10.3. The van der Waals surface area contributed by atoms with E-state index in [0.29, 0.717) is 0 Å². The first-order chi connectivity index (χ1) is 7.50. The number of hydrogen-bond donors (Lipinski definition) is 3. The third-order valence-electron chi connectivity index (χ3n) is 1.96. The second kappa shape index (κ2) is 3.19. The van der Waals surface area contributed by atoms with Crippen LogP contribution in [0.25, 0.3) is 5.65 Å². The van der Waals surface area contributed by atoms with Crippen LogP contribution in [0.15, 0.2) is 17.1 Å². The molecule has 8 heteroatoms. The molecule has 2 aromatic rings. The summed E-state index contributed by atoms with van der Waals surface area (Å²) in [7, 11) is 0. The maximum atomic E-state index is 11.5. The molecule has 0 radical (unpaired) electrons. The van der Waals surface area contributed by atoms with Gasteiger partial charge in [-0.1, -0.05) is 0 Å². The average molecular weight is 223 g/mol. The SMILES string of the molecule is O=C(O)c1cc2ncc(C(=O)O)c(=O)n2[nH]1. The average Bonchev–Trinajstić information content (AvgIpc) is 2.62. The minimum atomic E-state index is -1.42. The minimum Gasteiger partial charge on any atom is -0.477 e. The fourth-order valence-corrected chi connectivity index (χ4v) is 1.22. The van der Waals surface area contributed by atoms with Gasteiger partial charge in [0.1, 0.15) is 11.3 Å². The van der Waals surface area contributed by atoms with Gasteiger partial charge in [-0.05, 0) is 0 Å². The van der Waals surface area contributed by atoms with Crippen LogP contribution in [0, 0.1) is 0 Å². The summed E-state index contributed by atoms with van der Waals surface area (Å²) in [6.45, 7) is 0. The van der Waals surface area contributed by atoms with Crippen molar-refractivity contribution in [3.05, 3.63) is 33.9 Å². The summed E-state index contributed by atoms with van der Waals surface area (Å²) in [5.41, 5.74) is -1.58. The summed E-state index contributed by atoms with van der Waals surface area (Å²) >= 11 is 0. The van der Waals surface area contributed by atoms with Crippen LogP contribution in [0.3, 0.4) is 0 Å². The third kappa shape index (κ3) is 1.32. The number of H-pyrrole nitrogens is 1. The van der Waals surface area contributed by atoms with Gasteiger partial charge in [-0.25, -0.2) is 19.1 Å². The highest BCUT2D eigenvalue weighted by Crippen LogP contribution is 2.01. The van der Waals surface area contributed by atoms with Crippen molar-refractivity contribution in [2.24, 2.45) is 0 Å². The summed E-state index contributed by atoms with van der Waals surface area (Å²) in [6, 6.07) is 1.13. The van der Waals surface area contributed by atoms with Crippen molar-refractivity contribution in [1.82, 2.24) is 14.6 Å². The summed E-state index contributed by atoms with van der Waals surface area (Å²) in [4.78, 5) is 36.4. The Morgan fingerprint density at radius 2 is 2.00 bits per heavy atom. The number of fused-ring (bicyclic) bond motifs is 1. The van der Waals surface area contributed by atoms with Crippen LogP contribution in [0.5, 0.6) is 0 Å². The van der Waals surface area contributed by atoms with E-state index in [1.54, 1.807) is 0 Å². The second-order valence-corrected chi connectivity index (χ2v) is 2.95. The van der Waals surface area contributed by atoms with E-state index in [1.165, 1.54) is 0 Å². The topological polar surface area (TPSA) is 125 Å². The molecule has 0 bridgehead atoms. The van der Waals surface area contributed by atoms with Gasteiger partial charge >= 0.3 is 11.9 Å². The molecule has 0 unspecified atom stereocenters. The maximum Gasteiger partial charge on any atom is 0.353 e. The standard InChI is InChI=1S/C8H5N3O5/c12-6-3(7(13)14)2-9-5-1-4(8(15)16)10-11(5)6/h1-2,10H,(H,13,14)(H,15,16). The monoisotopic (exact) mass is 223 g/mol. The predicted molar refractivity (Wildman–Crippen MR) is 49.7 cm³/mol. The zero-order chi connectivity index (χ0) is 11.9.